The van der Waals surface area contributed by atoms with Crippen molar-refractivity contribution in [1.82, 2.24) is 4.72 Å². The Balaban J connectivity index is 2.77. The van der Waals surface area contributed by atoms with E-state index in [0.29, 0.717) is 12.0 Å². The van der Waals surface area contributed by atoms with Gasteiger partial charge in [-0.2, -0.15) is 0 Å². The predicted molar refractivity (Wildman–Crippen MR) is 79.0 cm³/mol. The summed E-state index contributed by atoms with van der Waals surface area (Å²) in [5, 5.41) is 9.06. The lowest BCUT2D eigenvalue weighted by atomic mass is 10.0. The molecule has 0 saturated heterocycles. The quantitative estimate of drug-likeness (QED) is 0.417. The van der Waals surface area contributed by atoms with Gasteiger partial charge in [-0.05, 0) is 34.8 Å². The van der Waals surface area contributed by atoms with E-state index in [4.69, 9.17) is 5.11 Å². The van der Waals surface area contributed by atoms with Gasteiger partial charge >= 0.3 is 0 Å². The van der Waals surface area contributed by atoms with Gasteiger partial charge in [-0.25, -0.2) is 8.78 Å². The van der Waals surface area contributed by atoms with Gasteiger partial charge in [0.15, 0.2) is 0 Å². The zero-order valence-corrected chi connectivity index (χ0v) is 13.2. The molecule has 0 aliphatic rings. The SMILES string of the molecule is CCCCSNC(CCO)c1cc(Br)c(F)cc1F. The van der Waals surface area contributed by atoms with E-state index in [0.717, 1.165) is 24.7 Å². The fourth-order valence-electron chi connectivity index (χ4n) is 1.59. The minimum atomic E-state index is -0.623. The fourth-order valence-corrected chi connectivity index (χ4v) is 2.95. The molecule has 1 aromatic rings. The zero-order valence-electron chi connectivity index (χ0n) is 10.8. The Labute approximate surface area is 125 Å². The van der Waals surface area contributed by atoms with Crippen molar-refractivity contribution in [2.75, 3.05) is 12.4 Å². The highest BCUT2D eigenvalue weighted by Crippen LogP contribution is 2.27. The predicted octanol–water partition coefficient (Wildman–Crippen LogP) is 4.19. The Morgan fingerprint density at radius 2 is 2.11 bits per heavy atom. The van der Waals surface area contributed by atoms with Crippen LogP contribution in [0, 0.1) is 11.6 Å². The van der Waals surface area contributed by atoms with Crippen molar-refractivity contribution < 1.29 is 13.9 Å². The van der Waals surface area contributed by atoms with Crippen LogP contribution >= 0.6 is 27.9 Å². The molecule has 1 rings (SSSR count). The average molecular weight is 354 g/mol. The summed E-state index contributed by atoms with van der Waals surface area (Å²) >= 11 is 4.56. The third kappa shape index (κ3) is 5.38. The maximum atomic E-state index is 13.8. The van der Waals surface area contributed by atoms with E-state index in [1.165, 1.54) is 18.0 Å². The highest BCUT2D eigenvalue weighted by atomic mass is 79.9. The molecule has 0 aliphatic heterocycles. The van der Waals surface area contributed by atoms with Crippen LogP contribution < -0.4 is 4.72 Å². The molecule has 0 radical (unpaired) electrons. The third-order valence-corrected chi connectivity index (χ3v) is 4.21. The minimum Gasteiger partial charge on any atom is -0.396 e. The Hall–Kier alpha value is -0.170. The number of benzene rings is 1. The number of aliphatic hydroxyl groups is 1. The lowest BCUT2D eigenvalue weighted by molar-refractivity contribution is 0.272. The van der Waals surface area contributed by atoms with Gasteiger partial charge in [-0.15, -0.1) is 0 Å². The molecule has 2 N–H and O–H groups in total. The lowest BCUT2D eigenvalue weighted by Crippen LogP contribution is -2.18. The number of aliphatic hydroxyl groups excluding tert-OH is 1. The summed E-state index contributed by atoms with van der Waals surface area (Å²) in [4.78, 5) is 0. The Morgan fingerprint density at radius 1 is 1.37 bits per heavy atom. The zero-order chi connectivity index (χ0) is 14.3. The van der Waals surface area contributed by atoms with Crippen LogP contribution in [0.1, 0.15) is 37.8 Å². The van der Waals surface area contributed by atoms with E-state index in [1.54, 1.807) is 0 Å². The number of hydrogen-bond acceptors (Lipinski definition) is 3. The summed E-state index contributed by atoms with van der Waals surface area (Å²) in [5.41, 5.74) is 0.367. The van der Waals surface area contributed by atoms with E-state index in [9.17, 15) is 8.78 Å². The highest BCUT2D eigenvalue weighted by Gasteiger charge is 2.17. The van der Waals surface area contributed by atoms with Crippen molar-refractivity contribution in [3.8, 4) is 0 Å². The topological polar surface area (TPSA) is 32.3 Å². The van der Waals surface area contributed by atoms with Gasteiger partial charge < -0.3 is 5.11 Å². The van der Waals surface area contributed by atoms with Crippen molar-refractivity contribution in [1.29, 1.82) is 0 Å². The molecule has 0 aromatic heterocycles. The van der Waals surface area contributed by atoms with Crippen LogP contribution in [0.15, 0.2) is 16.6 Å². The lowest BCUT2D eigenvalue weighted by Gasteiger charge is -2.18. The second-order valence-electron chi connectivity index (χ2n) is 4.17. The molecule has 6 heteroatoms. The Morgan fingerprint density at radius 3 is 2.74 bits per heavy atom. The van der Waals surface area contributed by atoms with Crippen LogP contribution in [0.2, 0.25) is 0 Å². The van der Waals surface area contributed by atoms with Crippen molar-refractivity contribution in [3.05, 3.63) is 33.8 Å². The largest absolute Gasteiger partial charge is 0.396 e. The van der Waals surface area contributed by atoms with E-state index in [1.807, 2.05) is 0 Å². The van der Waals surface area contributed by atoms with Crippen molar-refractivity contribution >= 4 is 27.9 Å². The van der Waals surface area contributed by atoms with E-state index in [2.05, 4.69) is 27.6 Å². The molecule has 0 aliphatic carbocycles. The first-order valence-corrected chi connectivity index (χ1v) is 8.00. The standard InChI is InChI=1S/C13H18BrF2NOS/c1-2-3-6-19-17-13(4-5-18)9-7-10(14)12(16)8-11(9)15/h7-8,13,17-18H,2-6H2,1H3. The van der Waals surface area contributed by atoms with Gasteiger partial charge in [0, 0.05) is 30.0 Å². The summed E-state index contributed by atoms with van der Waals surface area (Å²) in [6.07, 6.45) is 2.54. The number of hydrogen-bond donors (Lipinski definition) is 2. The van der Waals surface area contributed by atoms with Crippen LogP contribution in [0.3, 0.4) is 0 Å². The molecular formula is C13H18BrF2NOS. The first-order chi connectivity index (χ1) is 9.10. The molecule has 1 atom stereocenters. The average Bonchev–Trinajstić information content (AvgIpc) is 2.38. The molecule has 19 heavy (non-hydrogen) atoms. The van der Waals surface area contributed by atoms with Crippen LogP contribution in [-0.2, 0) is 0 Å². The van der Waals surface area contributed by atoms with Gasteiger partial charge in [0.1, 0.15) is 11.6 Å². The number of halogens is 3. The molecule has 0 saturated carbocycles. The van der Waals surface area contributed by atoms with E-state index < -0.39 is 11.6 Å². The molecule has 0 amide bonds. The molecule has 2 nitrogen and oxygen atoms in total. The van der Waals surface area contributed by atoms with Gasteiger partial charge in [0.25, 0.3) is 0 Å². The summed E-state index contributed by atoms with van der Waals surface area (Å²) < 4.78 is 30.3. The fraction of sp³-hybridized carbons (Fsp3) is 0.538. The molecule has 0 heterocycles. The second-order valence-corrected chi connectivity index (χ2v) is 5.96. The molecule has 1 aromatic carbocycles. The van der Waals surface area contributed by atoms with E-state index >= 15 is 0 Å². The molecule has 0 fully saturated rings. The summed E-state index contributed by atoms with van der Waals surface area (Å²) in [6, 6.07) is 1.96. The summed E-state index contributed by atoms with van der Waals surface area (Å²) in [6.45, 7) is 2.04. The number of unbranched alkanes of at least 4 members (excludes halogenated alkanes) is 1. The Kier molecular flexibility index (Phi) is 7.90. The van der Waals surface area contributed by atoms with Gasteiger partial charge in [-0.3, -0.25) is 4.72 Å². The van der Waals surface area contributed by atoms with Crippen LogP contribution in [0.5, 0.6) is 0 Å². The molecular weight excluding hydrogens is 336 g/mol. The normalized spacial score (nSPS) is 12.7. The highest BCUT2D eigenvalue weighted by molar-refractivity contribution is 9.10. The molecule has 1 unspecified atom stereocenters. The summed E-state index contributed by atoms with van der Waals surface area (Å²) in [5.74, 6) is -0.298. The van der Waals surface area contributed by atoms with Crippen molar-refractivity contribution in [3.63, 3.8) is 0 Å². The Bertz CT molecular complexity index is 406. The first kappa shape index (κ1) is 16.9. The van der Waals surface area contributed by atoms with Crippen LogP contribution in [0.25, 0.3) is 0 Å². The van der Waals surface area contributed by atoms with Crippen molar-refractivity contribution in [2.45, 2.75) is 32.2 Å². The monoisotopic (exact) mass is 353 g/mol. The maximum Gasteiger partial charge on any atom is 0.140 e. The summed E-state index contributed by atoms with van der Waals surface area (Å²) in [7, 11) is 0. The smallest absolute Gasteiger partial charge is 0.140 e. The molecule has 0 bridgehead atoms. The second kappa shape index (κ2) is 8.89. The molecule has 0 spiro atoms. The minimum absolute atomic E-state index is 0.0551. The van der Waals surface area contributed by atoms with Gasteiger partial charge in [0.05, 0.1) is 4.47 Å². The third-order valence-electron chi connectivity index (χ3n) is 2.66. The maximum absolute atomic E-state index is 13.8. The van der Waals surface area contributed by atoms with Crippen LogP contribution in [0.4, 0.5) is 8.78 Å². The van der Waals surface area contributed by atoms with Crippen LogP contribution in [-0.4, -0.2) is 17.5 Å². The van der Waals surface area contributed by atoms with E-state index in [-0.39, 0.29) is 17.1 Å². The van der Waals surface area contributed by atoms with Crippen molar-refractivity contribution in [2.24, 2.45) is 0 Å². The first-order valence-electron chi connectivity index (χ1n) is 6.22. The molecule has 108 valence electrons. The van der Waals surface area contributed by atoms with Gasteiger partial charge in [0.2, 0.25) is 0 Å². The van der Waals surface area contributed by atoms with Gasteiger partial charge in [-0.1, -0.05) is 25.3 Å². The number of rotatable bonds is 8. The number of nitrogens with one attached hydrogen (secondary N) is 1.